The lowest BCUT2D eigenvalue weighted by Gasteiger charge is -2.28. The Morgan fingerprint density at radius 1 is 1.35 bits per heavy atom. The lowest BCUT2D eigenvalue weighted by atomic mass is 10.2. The summed E-state index contributed by atoms with van der Waals surface area (Å²) in [4.78, 5) is 30.0. The van der Waals surface area contributed by atoms with Crippen LogP contribution in [-0.4, -0.2) is 68.0 Å². The fourth-order valence-corrected chi connectivity index (χ4v) is 4.51. The number of aromatic nitrogens is 1. The van der Waals surface area contributed by atoms with Gasteiger partial charge in [-0.1, -0.05) is 13.3 Å². The van der Waals surface area contributed by atoms with Crippen LogP contribution >= 0.6 is 0 Å². The molecular formula is C17H24N2O6S. The molecule has 9 heteroatoms. The van der Waals surface area contributed by atoms with Crippen molar-refractivity contribution in [2.45, 2.75) is 32.2 Å². The number of unbranched alkanes of at least 4 members (excludes halogenated alkanes) is 1. The van der Waals surface area contributed by atoms with Gasteiger partial charge in [0.1, 0.15) is 0 Å². The van der Waals surface area contributed by atoms with Crippen molar-refractivity contribution in [1.29, 1.82) is 0 Å². The molecule has 1 aliphatic rings. The number of hydrogen-bond acceptors (Lipinski definition) is 7. The van der Waals surface area contributed by atoms with Crippen molar-refractivity contribution in [3.63, 3.8) is 0 Å². The van der Waals surface area contributed by atoms with Crippen LogP contribution in [0.15, 0.2) is 18.3 Å². The Labute approximate surface area is 153 Å². The third kappa shape index (κ3) is 5.42. The maximum atomic E-state index is 12.5. The van der Waals surface area contributed by atoms with Gasteiger partial charge in [-0.2, -0.15) is 0 Å². The first-order valence-corrected chi connectivity index (χ1v) is 10.4. The number of rotatable bonds is 8. The molecule has 0 spiro atoms. The first kappa shape index (κ1) is 20.2. The molecule has 1 aromatic rings. The molecule has 1 unspecified atom stereocenters. The predicted octanol–water partition coefficient (Wildman–Crippen LogP) is 1.06. The molecule has 8 nitrogen and oxygen atoms in total. The van der Waals surface area contributed by atoms with E-state index in [0.29, 0.717) is 18.8 Å². The first-order chi connectivity index (χ1) is 12.4. The Morgan fingerprint density at radius 2 is 2.12 bits per heavy atom. The van der Waals surface area contributed by atoms with Crippen molar-refractivity contribution in [3.8, 4) is 5.88 Å². The van der Waals surface area contributed by atoms with E-state index in [4.69, 9.17) is 9.47 Å². The third-order valence-corrected chi connectivity index (χ3v) is 5.98. The number of esters is 1. The second-order valence-corrected chi connectivity index (χ2v) is 8.39. The number of pyridine rings is 1. The van der Waals surface area contributed by atoms with Gasteiger partial charge in [0.2, 0.25) is 5.88 Å². The van der Waals surface area contributed by atoms with E-state index in [9.17, 15) is 18.0 Å². The highest BCUT2D eigenvalue weighted by molar-refractivity contribution is 7.91. The highest BCUT2D eigenvalue weighted by Crippen LogP contribution is 2.19. The normalized spacial score (nSPS) is 18.3. The molecule has 1 saturated heterocycles. The van der Waals surface area contributed by atoms with Crippen molar-refractivity contribution in [2.75, 3.05) is 31.8 Å². The summed E-state index contributed by atoms with van der Waals surface area (Å²) >= 11 is 0. The lowest BCUT2D eigenvalue weighted by Crippen LogP contribution is -2.43. The summed E-state index contributed by atoms with van der Waals surface area (Å²) in [7, 11) is -1.64. The van der Waals surface area contributed by atoms with E-state index >= 15 is 0 Å². The third-order valence-electron chi connectivity index (χ3n) is 4.23. The zero-order valence-corrected chi connectivity index (χ0v) is 15.8. The average molecular weight is 384 g/mol. The number of carbonyl (C=O) groups is 2. The molecular weight excluding hydrogens is 360 g/mol. The zero-order chi connectivity index (χ0) is 19.2. The molecule has 0 aliphatic carbocycles. The molecule has 2 rings (SSSR count). The number of sulfone groups is 1. The topological polar surface area (TPSA) is 103 Å². The van der Waals surface area contributed by atoms with Gasteiger partial charge >= 0.3 is 5.97 Å². The van der Waals surface area contributed by atoms with Crippen molar-refractivity contribution >= 4 is 21.7 Å². The van der Waals surface area contributed by atoms with Gasteiger partial charge in [0.25, 0.3) is 5.91 Å². The van der Waals surface area contributed by atoms with Gasteiger partial charge in [-0.25, -0.2) is 18.2 Å². The van der Waals surface area contributed by atoms with Crippen LogP contribution < -0.4 is 4.74 Å². The summed E-state index contributed by atoms with van der Waals surface area (Å²) in [6.07, 6.45) is 3.37. The Bertz CT molecular complexity index is 732. The van der Waals surface area contributed by atoms with Crippen LogP contribution in [0.3, 0.4) is 0 Å². The summed E-state index contributed by atoms with van der Waals surface area (Å²) in [5.74, 6) is -0.617. The van der Waals surface area contributed by atoms with Gasteiger partial charge in [-0.05, 0) is 18.9 Å². The SMILES string of the molecule is CCCCN(C(=O)COC(=O)c1ccc(OC)nc1)C1CCS(=O)(=O)C1. The van der Waals surface area contributed by atoms with E-state index in [-0.39, 0.29) is 29.0 Å². The molecule has 1 amide bonds. The number of carbonyl (C=O) groups excluding carboxylic acids is 2. The molecule has 0 N–H and O–H groups in total. The van der Waals surface area contributed by atoms with Gasteiger partial charge < -0.3 is 14.4 Å². The molecule has 144 valence electrons. The zero-order valence-electron chi connectivity index (χ0n) is 15.0. The van der Waals surface area contributed by atoms with E-state index in [2.05, 4.69) is 4.98 Å². The van der Waals surface area contributed by atoms with Crippen LogP contribution in [0.2, 0.25) is 0 Å². The van der Waals surface area contributed by atoms with Crippen molar-refractivity contribution in [1.82, 2.24) is 9.88 Å². The van der Waals surface area contributed by atoms with Crippen molar-refractivity contribution < 1.29 is 27.5 Å². The van der Waals surface area contributed by atoms with E-state index in [1.54, 1.807) is 0 Å². The highest BCUT2D eigenvalue weighted by atomic mass is 32.2. The minimum atomic E-state index is -3.10. The van der Waals surface area contributed by atoms with Gasteiger partial charge in [-0.3, -0.25) is 4.79 Å². The molecule has 0 aromatic carbocycles. The summed E-state index contributed by atoms with van der Waals surface area (Å²) in [5.41, 5.74) is 0.210. The Kier molecular flexibility index (Phi) is 6.96. The number of nitrogens with zero attached hydrogens (tertiary/aromatic N) is 2. The molecule has 2 heterocycles. The number of methoxy groups -OCH3 is 1. The molecule has 0 saturated carbocycles. The molecule has 26 heavy (non-hydrogen) atoms. The van der Waals surface area contributed by atoms with Crippen LogP contribution in [0.25, 0.3) is 0 Å². The van der Waals surface area contributed by atoms with Crippen LogP contribution in [-0.2, 0) is 19.4 Å². The predicted molar refractivity (Wildman–Crippen MR) is 94.8 cm³/mol. The van der Waals surface area contributed by atoms with Gasteiger partial charge in [0, 0.05) is 24.8 Å². The first-order valence-electron chi connectivity index (χ1n) is 8.53. The second-order valence-electron chi connectivity index (χ2n) is 6.16. The minimum absolute atomic E-state index is 0.0290. The van der Waals surface area contributed by atoms with Gasteiger partial charge in [0.05, 0.1) is 24.2 Å². The molecule has 1 aliphatic heterocycles. The number of hydrogen-bond donors (Lipinski definition) is 0. The fraction of sp³-hybridized carbons (Fsp3) is 0.588. The Balaban J connectivity index is 1.96. The maximum Gasteiger partial charge on any atom is 0.340 e. The van der Waals surface area contributed by atoms with Gasteiger partial charge in [-0.15, -0.1) is 0 Å². The van der Waals surface area contributed by atoms with Crippen LogP contribution in [0.4, 0.5) is 0 Å². The highest BCUT2D eigenvalue weighted by Gasteiger charge is 2.34. The fourth-order valence-electron chi connectivity index (χ4n) is 2.78. The van der Waals surface area contributed by atoms with E-state index in [1.165, 1.54) is 30.3 Å². The van der Waals surface area contributed by atoms with E-state index in [0.717, 1.165) is 12.8 Å². The quantitative estimate of drug-likeness (QED) is 0.618. The summed E-state index contributed by atoms with van der Waals surface area (Å²) in [6, 6.07) is 2.67. The smallest absolute Gasteiger partial charge is 0.340 e. The number of ether oxygens (including phenoxy) is 2. The lowest BCUT2D eigenvalue weighted by molar-refractivity contribution is -0.136. The monoisotopic (exact) mass is 384 g/mol. The largest absolute Gasteiger partial charge is 0.481 e. The maximum absolute atomic E-state index is 12.5. The number of amides is 1. The molecule has 1 aromatic heterocycles. The summed E-state index contributed by atoms with van der Waals surface area (Å²) in [5, 5.41) is 0. The average Bonchev–Trinajstić information content (AvgIpc) is 2.99. The molecule has 0 radical (unpaired) electrons. The van der Waals surface area contributed by atoms with Crippen LogP contribution in [0.5, 0.6) is 5.88 Å². The Morgan fingerprint density at radius 3 is 2.65 bits per heavy atom. The molecule has 1 fully saturated rings. The Hall–Kier alpha value is -2.16. The standard InChI is InChI=1S/C17H24N2O6S/c1-3-4-8-19(14-7-9-26(22,23)12-14)16(20)11-25-17(21)13-5-6-15(24-2)18-10-13/h5-6,10,14H,3-4,7-9,11-12H2,1-2H3. The van der Waals surface area contributed by atoms with Crippen LogP contribution in [0, 0.1) is 0 Å². The van der Waals surface area contributed by atoms with Crippen molar-refractivity contribution in [3.05, 3.63) is 23.9 Å². The molecule has 1 atom stereocenters. The van der Waals surface area contributed by atoms with E-state index < -0.39 is 22.4 Å². The summed E-state index contributed by atoms with van der Waals surface area (Å²) in [6.45, 7) is 2.02. The van der Waals surface area contributed by atoms with Crippen LogP contribution in [0.1, 0.15) is 36.5 Å². The minimum Gasteiger partial charge on any atom is -0.481 e. The second kappa shape index (κ2) is 8.98. The summed E-state index contributed by atoms with van der Waals surface area (Å²) < 4.78 is 33.4. The van der Waals surface area contributed by atoms with E-state index in [1.807, 2.05) is 6.92 Å². The molecule has 0 bridgehead atoms. The van der Waals surface area contributed by atoms with Crippen molar-refractivity contribution in [2.24, 2.45) is 0 Å². The van der Waals surface area contributed by atoms with Gasteiger partial charge in [0.15, 0.2) is 16.4 Å².